The first-order valence-corrected chi connectivity index (χ1v) is 10.3. The van der Waals surface area contributed by atoms with Gasteiger partial charge < -0.3 is 14.4 Å². The third kappa shape index (κ3) is 4.19. The van der Waals surface area contributed by atoms with Gasteiger partial charge in [0.05, 0.1) is 31.9 Å². The van der Waals surface area contributed by atoms with Gasteiger partial charge >= 0.3 is 12.3 Å². The van der Waals surface area contributed by atoms with Crippen molar-refractivity contribution in [3.63, 3.8) is 0 Å². The molecule has 11 heteroatoms. The average Bonchev–Trinajstić information content (AvgIpc) is 3.08. The number of ether oxygens (including phenoxy) is 2. The predicted molar refractivity (Wildman–Crippen MR) is 101 cm³/mol. The van der Waals surface area contributed by atoms with E-state index in [0.29, 0.717) is 17.9 Å². The molecule has 1 saturated carbocycles. The van der Waals surface area contributed by atoms with Crippen molar-refractivity contribution >= 4 is 11.7 Å². The van der Waals surface area contributed by atoms with Gasteiger partial charge in [-0.25, -0.2) is 18.7 Å². The second-order valence-corrected chi connectivity index (χ2v) is 8.12. The second kappa shape index (κ2) is 8.25. The number of nitrogens with zero attached hydrogens (tertiary/aromatic N) is 4. The van der Waals surface area contributed by atoms with Gasteiger partial charge in [0.2, 0.25) is 0 Å². The number of fused-ring (bicyclic) bond motifs is 1. The molecule has 3 heterocycles. The van der Waals surface area contributed by atoms with E-state index in [0.717, 1.165) is 0 Å². The molecule has 1 amide bonds. The van der Waals surface area contributed by atoms with Crippen LogP contribution in [0, 0.1) is 18.7 Å². The SMILES string of the molecule is COC(=O)N1CCO[C@H](c2cc(C)nc3c(F)c(C4CCC(C(F)(F)F)CC4)nn23)C1. The molecule has 1 atom stereocenters. The largest absolute Gasteiger partial charge is 0.453 e. The van der Waals surface area contributed by atoms with Crippen LogP contribution in [0.5, 0.6) is 0 Å². The first-order valence-electron chi connectivity index (χ1n) is 10.3. The number of halogens is 4. The van der Waals surface area contributed by atoms with E-state index >= 15 is 4.39 Å². The molecule has 31 heavy (non-hydrogen) atoms. The number of alkyl halides is 3. The molecule has 4 rings (SSSR count). The van der Waals surface area contributed by atoms with E-state index in [4.69, 9.17) is 9.47 Å². The third-order valence-corrected chi connectivity index (χ3v) is 6.12. The van der Waals surface area contributed by atoms with Crippen molar-refractivity contribution in [3.05, 3.63) is 29.0 Å². The smallest absolute Gasteiger partial charge is 0.409 e. The normalized spacial score (nSPS) is 25.1. The van der Waals surface area contributed by atoms with Gasteiger partial charge in [-0.1, -0.05) is 0 Å². The van der Waals surface area contributed by atoms with Crippen LogP contribution in [-0.4, -0.2) is 58.6 Å². The van der Waals surface area contributed by atoms with Crippen molar-refractivity contribution in [3.8, 4) is 0 Å². The van der Waals surface area contributed by atoms with Crippen LogP contribution in [0.4, 0.5) is 22.4 Å². The molecule has 2 aromatic rings. The first kappa shape index (κ1) is 21.8. The zero-order chi connectivity index (χ0) is 22.3. The minimum absolute atomic E-state index is 0.0155. The highest BCUT2D eigenvalue weighted by Crippen LogP contribution is 2.43. The number of carbonyl (C=O) groups excluding carboxylic acids is 1. The van der Waals surface area contributed by atoms with Gasteiger partial charge in [-0.3, -0.25) is 0 Å². The van der Waals surface area contributed by atoms with Crippen molar-refractivity contribution in [2.45, 2.75) is 50.8 Å². The summed E-state index contributed by atoms with van der Waals surface area (Å²) < 4.78 is 66.1. The summed E-state index contributed by atoms with van der Waals surface area (Å²) in [5, 5.41) is 4.41. The van der Waals surface area contributed by atoms with Crippen molar-refractivity contribution in [2.75, 3.05) is 26.8 Å². The molecule has 1 aliphatic heterocycles. The van der Waals surface area contributed by atoms with E-state index in [2.05, 4.69) is 10.1 Å². The van der Waals surface area contributed by atoms with Gasteiger partial charge in [0.15, 0.2) is 11.5 Å². The Morgan fingerprint density at radius 1 is 1.26 bits per heavy atom. The van der Waals surface area contributed by atoms with Crippen LogP contribution in [0.25, 0.3) is 5.65 Å². The van der Waals surface area contributed by atoms with Gasteiger partial charge in [0, 0.05) is 18.2 Å². The maximum Gasteiger partial charge on any atom is 0.409 e. The first-order chi connectivity index (χ1) is 14.7. The lowest BCUT2D eigenvalue weighted by Gasteiger charge is -2.32. The minimum atomic E-state index is -4.22. The van der Waals surface area contributed by atoms with Crippen molar-refractivity contribution < 1.29 is 31.8 Å². The number of aromatic nitrogens is 3. The number of morpholine rings is 1. The summed E-state index contributed by atoms with van der Waals surface area (Å²) >= 11 is 0. The molecule has 0 N–H and O–H groups in total. The molecule has 2 aromatic heterocycles. The second-order valence-electron chi connectivity index (χ2n) is 8.12. The van der Waals surface area contributed by atoms with Crippen LogP contribution in [0.3, 0.4) is 0 Å². The number of carbonyl (C=O) groups is 1. The van der Waals surface area contributed by atoms with Gasteiger partial charge in [0.1, 0.15) is 11.8 Å². The Balaban J connectivity index is 1.64. The number of methoxy groups -OCH3 is 1. The molecule has 7 nitrogen and oxygen atoms in total. The Kier molecular flexibility index (Phi) is 5.80. The molecule has 0 radical (unpaired) electrons. The maximum absolute atomic E-state index is 15.2. The maximum atomic E-state index is 15.2. The molecule has 2 fully saturated rings. The van der Waals surface area contributed by atoms with Gasteiger partial charge in [0.25, 0.3) is 0 Å². The lowest BCUT2D eigenvalue weighted by atomic mass is 9.80. The zero-order valence-electron chi connectivity index (χ0n) is 17.3. The summed E-state index contributed by atoms with van der Waals surface area (Å²) in [6.45, 7) is 2.57. The fraction of sp³-hybridized carbons (Fsp3) is 0.650. The fourth-order valence-electron chi connectivity index (χ4n) is 4.46. The number of rotatable bonds is 2. The number of hydrogen-bond donors (Lipinski definition) is 0. The Bertz CT molecular complexity index is 969. The van der Waals surface area contributed by atoms with E-state index in [9.17, 15) is 18.0 Å². The summed E-state index contributed by atoms with van der Waals surface area (Å²) in [4.78, 5) is 17.7. The van der Waals surface area contributed by atoms with E-state index in [1.165, 1.54) is 16.5 Å². The molecule has 170 valence electrons. The molecule has 1 aliphatic carbocycles. The Hall–Kier alpha value is -2.43. The van der Waals surface area contributed by atoms with E-state index < -0.39 is 36.0 Å². The predicted octanol–water partition coefficient (Wildman–Crippen LogP) is 4.15. The average molecular weight is 444 g/mol. The molecular formula is C20H24F4N4O3. The summed E-state index contributed by atoms with van der Waals surface area (Å²) in [6, 6.07) is 1.72. The van der Waals surface area contributed by atoms with E-state index in [1.807, 2.05) is 0 Å². The third-order valence-electron chi connectivity index (χ3n) is 6.12. The summed E-state index contributed by atoms with van der Waals surface area (Å²) in [6.07, 6.45) is -4.92. The molecule has 0 spiro atoms. The summed E-state index contributed by atoms with van der Waals surface area (Å²) in [5.74, 6) is -2.35. The van der Waals surface area contributed by atoms with Crippen molar-refractivity contribution in [1.82, 2.24) is 19.5 Å². The monoisotopic (exact) mass is 444 g/mol. The van der Waals surface area contributed by atoms with Crippen molar-refractivity contribution in [2.24, 2.45) is 5.92 Å². The molecular weight excluding hydrogens is 420 g/mol. The van der Waals surface area contributed by atoms with Crippen LogP contribution in [0.1, 0.15) is 54.8 Å². The van der Waals surface area contributed by atoms with E-state index in [-0.39, 0.29) is 50.2 Å². The fourth-order valence-corrected chi connectivity index (χ4v) is 4.46. The number of amides is 1. The Morgan fingerprint density at radius 3 is 2.61 bits per heavy atom. The topological polar surface area (TPSA) is 69.0 Å². The van der Waals surface area contributed by atoms with Gasteiger partial charge in [-0.05, 0) is 38.7 Å². The molecule has 2 aliphatic rings. The standard InChI is InChI=1S/C20H24F4N4O3/c1-11-9-14(15-10-27(7-8-31-15)19(29)30-2)28-18(25-11)16(21)17(26-28)12-3-5-13(6-4-12)20(22,23)24/h9,12-13,15H,3-8,10H2,1-2H3/t12?,13?,15-/m0/s1. The Labute approximate surface area is 176 Å². The molecule has 0 aromatic carbocycles. The quantitative estimate of drug-likeness (QED) is 0.651. The van der Waals surface area contributed by atoms with Crippen LogP contribution in [0.15, 0.2) is 6.07 Å². The lowest BCUT2D eigenvalue weighted by Crippen LogP contribution is -2.42. The van der Waals surface area contributed by atoms with Gasteiger partial charge in [-0.15, -0.1) is 0 Å². The summed E-state index contributed by atoms with van der Waals surface area (Å²) in [7, 11) is 1.30. The highest BCUT2D eigenvalue weighted by molar-refractivity contribution is 5.67. The summed E-state index contributed by atoms with van der Waals surface area (Å²) in [5.41, 5.74) is 1.24. The minimum Gasteiger partial charge on any atom is -0.453 e. The molecule has 0 unspecified atom stereocenters. The van der Waals surface area contributed by atoms with Gasteiger partial charge in [-0.2, -0.15) is 18.3 Å². The molecule has 0 bridgehead atoms. The lowest BCUT2D eigenvalue weighted by molar-refractivity contribution is -0.182. The zero-order valence-corrected chi connectivity index (χ0v) is 17.3. The highest BCUT2D eigenvalue weighted by atomic mass is 19.4. The van der Waals surface area contributed by atoms with E-state index in [1.54, 1.807) is 13.0 Å². The number of hydrogen-bond acceptors (Lipinski definition) is 5. The van der Waals surface area contributed by atoms with Crippen LogP contribution < -0.4 is 0 Å². The number of aryl methyl sites for hydroxylation is 1. The Morgan fingerprint density at radius 2 is 1.97 bits per heavy atom. The van der Waals surface area contributed by atoms with Crippen LogP contribution in [-0.2, 0) is 9.47 Å². The van der Waals surface area contributed by atoms with Crippen LogP contribution in [0.2, 0.25) is 0 Å². The van der Waals surface area contributed by atoms with Crippen LogP contribution >= 0.6 is 0 Å². The molecule has 1 saturated heterocycles. The van der Waals surface area contributed by atoms with Crippen molar-refractivity contribution in [1.29, 1.82) is 0 Å². The highest BCUT2D eigenvalue weighted by Gasteiger charge is 2.42.